The van der Waals surface area contributed by atoms with E-state index < -0.39 is 17.5 Å². The van der Waals surface area contributed by atoms with Crippen molar-refractivity contribution in [3.63, 3.8) is 0 Å². The molecule has 4 aromatic rings. The second-order valence-electron chi connectivity index (χ2n) is 7.83. The molecule has 0 bridgehead atoms. The molecule has 4 rings (SSSR count). The average molecular weight is 448 g/mol. The number of carbonyl (C=O) groups excluding carboxylic acids is 1. The van der Waals surface area contributed by atoms with Crippen molar-refractivity contribution >= 4 is 11.6 Å². The first kappa shape index (κ1) is 22.1. The lowest BCUT2D eigenvalue weighted by atomic mass is 10.2. The molecule has 8 heteroatoms. The molecule has 0 aliphatic heterocycles. The molecule has 1 N–H and O–H groups in total. The molecule has 0 fully saturated rings. The summed E-state index contributed by atoms with van der Waals surface area (Å²) >= 11 is 0. The normalized spacial score (nSPS) is 10.9. The lowest BCUT2D eigenvalue weighted by Gasteiger charge is -2.10. The highest BCUT2D eigenvalue weighted by Crippen LogP contribution is 2.27. The number of hydrogen-bond donors (Lipinski definition) is 1. The van der Waals surface area contributed by atoms with Crippen LogP contribution in [0.1, 0.15) is 24.2 Å². The van der Waals surface area contributed by atoms with Gasteiger partial charge in [0.1, 0.15) is 11.6 Å². The van der Waals surface area contributed by atoms with E-state index in [-0.39, 0.29) is 28.9 Å². The van der Waals surface area contributed by atoms with Gasteiger partial charge in [-0.3, -0.25) is 4.79 Å². The van der Waals surface area contributed by atoms with Crippen LogP contribution >= 0.6 is 0 Å². The molecule has 0 unspecified atom stereocenters. The van der Waals surface area contributed by atoms with E-state index in [1.807, 2.05) is 13.8 Å². The molecular weight excluding hydrogens is 426 g/mol. The largest absolute Gasteiger partial charge is 0.462 e. The number of nitrogens with one attached hydrogen (secondary N) is 1. The van der Waals surface area contributed by atoms with Gasteiger partial charge in [-0.15, -0.1) is 5.10 Å². The van der Waals surface area contributed by atoms with Crippen molar-refractivity contribution in [2.75, 3.05) is 11.9 Å². The number of hydrogen-bond acceptors (Lipinski definition) is 4. The van der Waals surface area contributed by atoms with Crippen LogP contribution in [-0.2, 0) is 0 Å². The first-order valence-electron chi connectivity index (χ1n) is 10.4. The number of halogens is 2. The highest BCUT2D eigenvalue weighted by atomic mass is 19.1. The van der Waals surface area contributed by atoms with Crippen molar-refractivity contribution in [1.82, 2.24) is 14.8 Å². The summed E-state index contributed by atoms with van der Waals surface area (Å²) in [6.07, 6.45) is 0. The third kappa shape index (κ3) is 5.23. The van der Waals surface area contributed by atoms with Gasteiger partial charge in [-0.05, 0) is 54.4 Å². The number of amides is 1. The Morgan fingerprint density at radius 3 is 2.58 bits per heavy atom. The van der Waals surface area contributed by atoms with Crippen LogP contribution in [0.25, 0.3) is 17.1 Å². The Kier molecular flexibility index (Phi) is 6.44. The second kappa shape index (κ2) is 9.60. The van der Waals surface area contributed by atoms with E-state index in [0.717, 1.165) is 6.07 Å². The Morgan fingerprint density at radius 2 is 1.82 bits per heavy atom. The molecule has 1 aromatic heterocycles. The predicted octanol–water partition coefficient (Wildman–Crippen LogP) is 5.50. The van der Waals surface area contributed by atoms with Gasteiger partial charge in [0.05, 0.1) is 17.9 Å². The molecule has 0 atom stereocenters. The molecule has 1 heterocycles. The fourth-order valence-corrected chi connectivity index (χ4v) is 3.14. The Labute approximate surface area is 189 Å². The summed E-state index contributed by atoms with van der Waals surface area (Å²) in [5, 5.41) is 7.15. The van der Waals surface area contributed by atoms with Crippen LogP contribution in [0.3, 0.4) is 0 Å². The van der Waals surface area contributed by atoms with Gasteiger partial charge in [0.15, 0.2) is 5.82 Å². The fourth-order valence-electron chi connectivity index (χ4n) is 3.14. The van der Waals surface area contributed by atoms with E-state index in [0.29, 0.717) is 18.0 Å². The van der Waals surface area contributed by atoms with Crippen molar-refractivity contribution < 1.29 is 18.3 Å². The summed E-state index contributed by atoms with van der Waals surface area (Å²) in [6, 6.07) is 18.6. The molecule has 0 aliphatic rings. The minimum Gasteiger partial charge on any atom is -0.462 e. The van der Waals surface area contributed by atoms with Crippen LogP contribution in [0.5, 0.6) is 6.01 Å². The zero-order valence-electron chi connectivity index (χ0n) is 18.1. The Hall–Kier alpha value is -4.07. The summed E-state index contributed by atoms with van der Waals surface area (Å²) in [7, 11) is 0. The molecule has 0 aliphatic carbocycles. The van der Waals surface area contributed by atoms with E-state index in [1.165, 1.54) is 28.9 Å². The van der Waals surface area contributed by atoms with E-state index >= 15 is 0 Å². The maximum Gasteiger partial charge on any atom is 0.336 e. The zero-order valence-corrected chi connectivity index (χ0v) is 18.1. The fraction of sp³-hybridized carbons (Fsp3) is 0.160. The van der Waals surface area contributed by atoms with Gasteiger partial charge in [0.25, 0.3) is 5.91 Å². The highest BCUT2D eigenvalue weighted by Gasteiger charge is 2.18. The van der Waals surface area contributed by atoms with Crippen LogP contribution in [0.4, 0.5) is 14.5 Å². The van der Waals surface area contributed by atoms with Crippen LogP contribution < -0.4 is 10.1 Å². The monoisotopic (exact) mass is 448 g/mol. The summed E-state index contributed by atoms with van der Waals surface area (Å²) in [4.78, 5) is 16.9. The molecule has 0 spiro atoms. The minimum absolute atomic E-state index is 0.121. The second-order valence-corrected chi connectivity index (χ2v) is 7.83. The van der Waals surface area contributed by atoms with Crippen LogP contribution in [-0.4, -0.2) is 27.3 Å². The van der Waals surface area contributed by atoms with Crippen molar-refractivity contribution in [3.05, 3.63) is 90.0 Å². The SMILES string of the molecule is CC(C)COc1nc(-c2ccccc2F)n(-c2cccc(NC(=O)c3cccc(F)c3)c2)n1. The molecule has 168 valence electrons. The summed E-state index contributed by atoms with van der Waals surface area (Å²) < 4.78 is 35.1. The molecule has 0 saturated heterocycles. The van der Waals surface area contributed by atoms with Crippen molar-refractivity contribution in [3.8, 4) is 23.1 Å². The Morgan fingerprint density at radius 1 is 1.03 bits per heavy atom. The van der Waals surface area contributed by atoms with Crippen molar-refractivity contribution in [2.24, 2.45) is 5.92 Å². The Bertz CT molecular complexity index is 1290. The van der Waals surface area contributed by atoms with Gasteiger partial charge >= 0.3 is 6.01 Å². The number of nitrogens with zero attached hydrogens (tertiary/aromatic N) is 3. The summed E-state index contributed by atoms with van der Waals surface area (Å²) in [5.41, 5.74) is 1.45. The Balaban J connectivity index is 1.69. The number of benzene rings is 3. The number of carbonyl (C=O) groups is 1. The maximum absolute atomic E-state index is 14.6. The lowest BCUT2D eigenvalue weighted by Crippen LogP contribution is -2.12. The number of rotatable bonds is 7. The zero-order chi connectivity index (χ0) is 23.4. The minimum atomic E-state index is -0.498. The van der Waals surface area contributed by atoms with Crippen LogP contribution in [0.2, 0.25) is 0 Å². The molecule has 6 nitrogen and oxygen atoms in total. The van der Waals surface area contributed by atoms with Gasteiger partial charge in [-0.25, -0.2) is 13.5 Å². The maximum atomic E-state index is 14.6. The number of ether oxygens (including phenoxy) is 1. The molecular formula is C25H22F2N4O2. The van der Waals surface area contributed by atoms with E-state index in [2.05, 4.69) is 15.4 Å². The predicted molar refractivity (Wildman–Crippen MR) is 121 cm³/mol. The third-order valence-corrected chi connectivity index (χ3v) is 4.68. The van der Waals surface area contributed by atoms with Gasteiger partial charge in [0.2, 0.25) is 0 Å². The van der Waals surface area contributed by atoms with E-state index in [1.54, 1.807) is 42.5 Å². The van der Waals surface area contributed by atoms with Crippen LogP contribution in [0.15, 0.2) is 72.8 Å². The lowest BCUT2D eigenvalue weighted by molar-refractivity contribution is 0.102. The summed E-state index contributed by atoms with van der Waals surface area (Å²) in [6.45, 7) is 4.41. The molecule has 3 aromatic carbocycles. The smallest absolute Gasteiger partial charge is 0.336 e. The molecule has 33 heavy (non-hydrogen) atoms. The van der Waals surface area contributed by atoms with Crippen molar-refractivity contribution in [2.45, 2.75) is 13.8 Å². The van der Waals surface area contributed by atoms with Gasteiger partial charge in [-0.2, -0.15) is 4.98 Å². The average Bonchev–Trinajstić information content (AvgIpc) is 3.22. The van der Waals surface area contributed by atoms with Gasteiger partial charge < -0.3 is 10.1 Å². The summed E-state index contributed by atoms with van der Waals surface area (Å²) in [5.74, 6) is -0.879. The standard InChI is InChI=1S/C25H22F2N4O2/c1-16(2)15-33-25-29-23(21-11-3-4-12-22(21)27)31(30-25)20-10-6-9-19(14-20)28-24(32)17-7-5-8-18(26)13-17/h3-14,16H,15H2,1-2H3,(H,28,32). The number of anilines is 1. The van der Waals surface area contributed by atoms with E-state index in [9.17, 15) is 13.6 Å². The third-order valence-electron chi connectivity index (χ3n) is 4.68. The van der Waals surface area contributed by atoms with E-state index in [4.69, 9.17) is 4.74 Å². The topological polar surface area (TPSA) is 69.0 Å². The quantitative estimate of drug-likeness (QED) is 0.405. The van der Waals surface area contributed by atoms with Crippen LogP contribution in [0, 0.1) is 17.6 Å². The van der Waals surface area contributed by atoms with Crippen molar-refractivity contribution in [1.29, 1.82) is 0 Å². The first-order valence-corrected chi connectivity index (χ1v) is 10.4. The van der Waals surface area contributed by atoms with Gasteiger partial charge in [0, 0.05) is 11.3 Å². The molecule has 0 radical (unpaired) electrons. The molecule has 1 amide bonds. The first-order chi connectivity index (χ1) is 15.9. The van der Waals surface area contributed by atoms with Gasteiger partial charge in [-0.1, -0.05) is 38.1 Å². The number of aromatic nitrogens is 3. The highest BCUT2D eigenvalue weighted by molar-refractivity contribution is 6.04. The molecule has 0 saturated carbocycles.